The zero-order valence-electron chi connectivity index (χ0n) is 13.2. The second-order valence-corrected chi connectivity index (χ2v) is 9.38. The molecule has 7 rings (SSSR count). The van der Waals surface area contributed by atoms with Gasteiger partial charge in [-0.3, -0.25) is 4.79 Å². The quantitative estimate of drug-likeness (QED) is 0.750. The maximum atomic E-state index is 13.2. The van der Waals surface area contributed by atoms with E-state index in [1.807, 2.05) is 4.90 Å². The molecule has 9 atom stereocenters. The van der Waals surface area contributed by atoms with Gasteiger partial charge in [0.25, 0.3) is 0 Å². The van der Waals surface area contributed by atoms with Crippen LogP contribution >= 0.6 is 0 Å². The van der Waals surface area contributed by atoms with E-state index in [1.165, 1.54) is 6.42 Å². The van der Waals surface area contributed by atoms with E-state index >= 15 is 0 Å². The van der Waals surface area contributed by atoms with Gasteiger partial charge in [0.1, 0.15) is 6.04 Å². The van der Waals surface area contributed by atoms with Crippen molar-refractivity contribution < 1.29 is 9.90 Å². The summed E-state index contributed by atoms with van der Waals surface area (Å²) in [6.45, 7) is 0. The van der Waals surface area contributed by atoms with Gasteiger partial charge in [-0.15, -0.1) is 0 Å². The smallest absolute Gasteiger partial charge is 0.241 e. The number of nitriles is 1. The Bertz CT molecular complexity index is 659. The van der Waals surface area contributed by atoms with Crippen LogP contribution in [0, 0.1) is 34.5 Å². The molecule has 5 heteroatoms. The summed E-state index contributed by atoms with van der Waals surface area (Å²) in [4.78, 5) is 15.1. The molecule has 7 fully saturated rings. The van der Waals surface area contributed by atoms with E-state index in [2.05, 4.69) is 11.4 Å². The number of nitrogens with zero attached hydrogens (tertiary/aromatic N) is 2. The van der Waals surface area contributed by atoms with Crippen molar-refractivity contribution in [1.82, 2.24) is 10.2 Å². The van der Waals surface area contributed by atoms with Crippen LogP contribution in [0.4, 0.5) is 0 Å². The van der Waals surface area contributed by atoms with Gasteiger partial charge in [0, 0.05) is 17.5 Å². The molecule has 4 bridgehead atoms. The second kappa shape index (κ2) is 3.75. The topological polar surface area (TPSA) is 76.4 Å². The maximum Gasteiger partial charge on any atom is 0.241 e. The standard InChI is InChI=1S/C18H23N3O2/c19-7-12-2-10-3-13(10)21(12)16(22)15-18-5-9-1-11(14(18)20-15)6-17(23,4-9)8-18/h9-15,20,23H,1-6,8H2/t9-,10+,11+,12-,13-,14?,15?,17+,18+/m0/s1. The van der Waals surface area contributed by atoms with Gasteiger partial charge in [0.15, 0.2) is 0 Å². The first-order valence-corrected chi connectivity index (χ1v) is 9.23. The number of likely N-dealkylation sites (tertiary alicyclic amines) is 1. The van der Waals surface area contributed by atoms with Gasteiger partial charge < -0.3 is 15.3 Å². The SMILES string of the molecule is N#C[C@@H]1C[C@@H]2C[C@@H]2N1C(=O)C1NC2[C@@H]3C[C@H]4C[C@@](O)(C3)C[C@@]12C4. The van der Waals surface area contributed by atoms with E-state index in [0.29, 0.717) is 29.8 Å². The highest BCUT2D eigenvalue weighted by Gasteiger charge is 2.72. The second-order valence-electron chi connectivity index (χ2n) is 9.38. The molecular formula is C18H23N3O2. The molecule has 5 aliphatic carbocycles. The highest BCUT2D eigenvalue weighted by molar-refractivity contribution is 5.86. The van der Waals surface area contributed by atoms with E-state index in [4.69, 9.17) is 0 Å². The summed E-state index contributed by atoms with van der Waals surface area (Å²) in [6, 6.07) is 2.71. The Morgan fingerprint density at radius 3 is 2.87 bits per heavy atom. The average Bonchev–Trinajstić information content (AvgIpc) is 3.13. The molecule has 0 aromatic rings. The van der Waals surface area contributed by atoms with Crippen LogP contribution in [0.5, 0.6) is 0 Å². The first-order chi connectivity index (χ1) is 11.0. The third-order valence-electron chi connectivity index (χ3n) is 8.04. The molecule has 5 saturated carbocycles. The molecule has 2 aliphatic heterocycles. The number of aliphatic hydroxyl groups is 1. The van der Waals surface area contributed by atoms with Crippen molar-refractivity contribution in [3.8, 4) is 6.07 Å². The fourth-order valence-corrected chi connectivity index (χ4v) is 7.49. The first-order valence-electron chi connectivity index (χ1n) is 9.23. The number of rotatable bonds is 1. The molecule has 5 nitrogen and oxygen atoms in total. The van der Waals surface area contributed by atoms with Gasteiger partial charge in [-0.05, 0) is 62.7 Å². The van der Waals surface area contributed by atoms with Crippen molar-refractivity contribution in [2.45, 2.75) is 74.7 Å². The Hall–Kier alpha value is -1.12. The summed E-state index contributed by atoms with van der Waals surface area (Å²) >= 11 is 0. The summed E-state index contributed by atoms with van der Waals surface area (Å²) in [6.07, 6.45) is 6.91. The molecule has 7 aliphatic rings. The fraction of sp³-hybridized carbons (Fsp3) is 0.889. The van der Waals surface area contributed by atoms with Gasteiger partial charge in [0.05, 0.1) is 17.7 Å². The normalized spacial score (nSPS) is 60.7. The lowest BCUT2D eigenvalue weighted by molar-refractivity contribution is -0.231. The highest BCUT2D eigenvalue weighted by atomic mass is 16.3. The lowest BCUT2D eigenvalue weighted by Crippen LogP contribution is -2.83. The molecule has 2 saturated heterocycles. The van der Waals surface area contributed by atoms with Crippen molar-refractivity contribution >= 4 is 5.91 Å². The third-order valence-corrected chi connectivity index (χ3v) is 8.04. The minimum atomic E-state index is -0.523. The molecule has 2 unspecified atom stereocenters. The summed E-state index contributed by atoms with van der Waals surface area (Å²) in [5, 5.41) is 23.9. The summed E-state index contributed by atoms with van der Waals surface area (Å²) in [5.41, 5.74) is -0.548. The number of carbonyl (C=O) groups is 1. The summed E-state index contributed by atoms with van der Waals surface area (Å²) in [7, 11) is 0. The van der Waals surface area contributed by atoms with Crippen molar-refractivity contribution in [3.63, 3.8) is 0 Å². The van der Waals surface area contributed by atoms with Crippen LogP contribution in [-0.4, -0.2) is 45.7 Å². The van der Waals surface area contributed by atoms with Crippen LogP contribution in [0.2, 0.25) is 0 Å². The Labute approximate surface area is 136 Å². The predicted molar refractivity (Wildman–Crippen MR) is 80.9 cm³/mol. The van der Waals surface area contributed by atoms with Gasteiger partial charge in [-0.1, -0.05) is 0 Å². The van der Waals surface area contributed by atoms with Crippen LogP contribution in [-0.2, 0) is 4.79 Å². The van der Waals surface area contributed by atoms with Crippen molar-refractivity contribution in [3.05, 3.63) is 0 Å². The first kappa shape index (κ1) is 13.2. The number of hydrogen-bond donors (Lipinski definition) is 2. The minimum Gasteiger partial charge on any atom is -0.390 e. The molecule has 0 aromatic carbocycles. The minimum absolute atomic E-state index is 0.0249. The largest absolute Gasteiger partial charge is 0.390 e. The Morgan fingerprint density at radius 2 is 2.09 bits per heavy atom. The zero-order valence-corrected chi connectivity index (χ0v) is 13.2. The van der Waals surface area contributed by atoms with E-state index in [0.717, 1.165) is 38.5 Å². The molecule has 1 spiro atoms. The van der Waals surface area contributed by atoms with Crippen molar-refractivity contribution in [2.24, 2.45) is 23.2 Å². The molecule has 0 radical (unpaired) electrons. The van der Waals surface area contributed by atoms with Crippen LogP contribution < -0.4 is 5.32 Å². The average molecular weight is 313 g/mol. The molecule has 1 amide bonds. The highest BCUT2D eigenvalue weighted by Crippen LogP contribution is 2.66. The van der Waals surface area contributed by atoms with Crippen molar-refractivity contribution in [2.75, 3.05) is 0 Å². The van der Waals surface area contributed by atoms with Gasteiger partial charge in [-0.25, -0.2) is 0 Å². The van der Waals surface area contributed by atoms with E-state index in [-0.39, 0.29) is 23.4 Å². The van der Waals surface area contributed by atoms with Crippen LogP contribution in [0.25, 0.3) is 0 Å². The maximum absolute atomic E-state index is 13.2. The number of piperidine rings is 1. The van der Waals surface area contributed by atoms with Crippen LogP contribution in [0.1, 0.15) is 44.9 Å². The molecule has 2 N–H and O–H groups in total. The van der Waals surface area contributed by atoms with Gasteiger partial charge >= 0.3 is 0 Å². The van der Waals surface area contributed by atoms with Crippen LogP contribution in [0.15, 0.2) is 0 Å². The Balaban J connectivity index is 1.33. The summed E-state index contributed by atoms with van der Waals surface area (Å²) < 4.78 is 0. The summed E-state index contributed by atoms with van der Waals surface area (Å²) in [5.74, 6) is 1.87. The van der Waals surface area contributed by atoms with Crippen LogP contribution in [0.3, 0.4) is 0 Å². The molecule has 2 heterocycles. The molecule has 23 heavy (non-hydrogen) atoms. The Morgan fingerprint density at radius 1 is 1.22 bits per heavy atom. The Kier molecular flexibility index (Phi) is 2.16. The van der Waals surface area contributed by atoms with E-state index in [1.54, 1.807) is 0 Å². The number of hydrogen-bond acceptors (Lipinski definition) is 4. The number of nitrogens with one attached hydrogen (secondary N) is 1. The third kappa shape index (κ3) is 1.44. The van der Waals surface area contributed by atoms with Crippen molar-refractivity contribution in [1.29, 1.82) is 5.26 Å². The number of amides is 1. The lowest BCUT2D eigenvalue weighted by atomic mass is 9.40. The predicted octanol–water partition coefficient (Wildman–Crippen LogP) is 0.781. The zero-order chi connectivity index (χ0) is 15.6. The molecular weight excluding hydrogens is 290 g/mol. The molecule has 0 aromatic heterocycles. The van der Waals surface area contributed by atoms with Gasteiger partial charge in [0.2, 0.25) is 5.91 Å². The van der Waals surface area contributed by atoms with Gasteiger partial charge in [-0.2, -0.15) is 5.26 Å². The lowest BCUT2D eigenvalue weighted by Gasteiger charge is -2.72. The number of carbonyl (C=O) groups excluding carboxylic acids is 1. The fourth-order valence-electron chi connectivity index (χ4n) is 7.49. The van der Waals surface area contributed by atoms with E-state index in [9.17, 15) is 15.2 Å². The monoisotopic (exact) mass is 313 g/mol. The van der Waals surface area contributed by atoms with E-state index < -0.39 is 5.60 Å². The number of fused-ring (bicyclic) bond motifs is 1. The molecule has 122 valence electrons.